The van der Waals surface area contributed by atoms with Gasteiger partial charge in [0.1, 0.15) is 28.2 Å². The Bertz CT molecular complexity index is 2830. The lowest BCUT2D eigenvalue weighted by Crippen LogP contribution is -2.23. The van der Waals surface area contributed by atoms with Gasteiger partial charge in [0.25, 0.3) is 20.2 Å². The number of pyridine rings is 1. The van der Waals surface area contributed by atoms with Crippen molar-refractivity contribution in [1.29, 1.82) is 5.26 Å². The predicted molar refractivity (Wildman–Crippen MR) is 204 cm³/mol. The molecular formula is C27H32N8O18S6. The third kappa shape index (κ3) is 16.5. The van der Waals surface area contributed by atoms with Crippen LogP contribution in [0, 0.1) is 18.3 Å². The highest BCUT2D eigenvalue weighted by molar-refractivity contribution is 7.91. The van der Waals surface area contributed by atoms with Crippen LogP contribution in [0.4, 0.5) is 34.4 Å². The quantitative estimate of drug-likeness (QED) is 0.0618. The number of hydrogen-bond acceptors (Lipinski definition) is 22. The molecular weight excluding hydrogens is 917 g/mol. The van der Waals surface area contributed by atoms with Gasteiger partial charge in [-0.1, -0.05) is 0 Å². The second-order valence-electron chi connectivity index (χ2n) is 11.4. The first-order valence-corrected chi connectivity index (χ1v) is 24.9. The lowest BCUT2D eigenvalue weighted by molar-refractivity contribution is 0.282. The molecule has 3 aromatic rings. The summed E-state index contributed by atoms with van der Waals surface area (Å²) in [6.07, 6.45) is 0. The van der Waals surface area contributed by atoms with E-state index in [9.17, 15) is 60.3 Å². The normalized spacial score (nSPS) is 13.2. The molecule has 0 aliphatic rings. The fraction of sp³-hybridized carbons (Fsp3) is 0.333. The minimum Gasteiger partial charge on any atom is -0.368 e. The van der Waals surface area contributed by atoms with E-state index in [1.54, 1.807) is 0 Å². The van der Waals surface area contributed by atoms with Crippen molar-refractivity contribution in [3.8, 4) is 6.07 Å². The van der Waals surface area contributed by atoms with Crippen LogP contribution in [0.5, 0.6) is 0 Å². The first kappa shape index (κ1) is 48.7. The third-order valence-electron chi connectivity index (χ3n) is 7.09. The third-order valence-corrected chi connectivity index (χ3v) is 13.0. The number of azo groups is 2. The van der Waals surface area contributed by atoms with E-state index >= 15 is 0 Å². The maximum absolute atomic E-state index is 12.5. The highest BCUT2D eigenvalue weighted by Crippen LogP contribution is 2.37. The van der Waals surface area contributed by atoms with Crippen molar-refractivity contribution in [3.63, 3.8) is 0 Å². The van der Waals surface area contributed by atoms with Crippen molar-refractivity contribution in [2.24, 2.45) is 20.5 Å². The first-order chi connectivity index (χ1) is 27.1. The summed E-state index contributed by atoms with van der Waals surface area (Å²) in [6.45, 7) is -1.43. The number of anilines is 2. The molecule has 0 unspecified atom stereocenters. The molecule has 6 N–H and O–H groups in total. The fourth-order valence-corrected chi connectivity index (χ4v) is 8.18. The van der Waals surface area contributed by atoms with Gasteiger partial charge in [-0.15, -0.1) is 10.2 Å². The van der Waals surface area contributed by atoms with Gasteiger partial charge >= 0.3 is 20.8 Å². The molecule has 2 aromatic carbocycles. The molecule has 0 atom stereocenters. The standard InChI is InChI=1S/C27H32N8O18S6/c1-18-22(17-28)26(29-8-12-54(36,37)14-10-52-58(46,47)48)31-27(30-9-13-55(38,39)15-11-53-59(49,50)51)25(18)35-34-23-7-4-20(16-24(23)57(43,44)45)33-32-19-2-5-21(6-3-19)56(40,41)42/h2-7,16H,8-15H2,1H3,(H2,29,30,31)(H,40,41,42)(H,43,44,45)(H,46,47,48)(H,49,50,51). The van der Waals surface area contributed by atoms with Crippen molar-refractivity contribution >= 4 is 95.1 Å². The van der Waals surface area contributed by atoms with Gasteiger partial charge in [0.15, 0.2) is 25.5 Å². The van der Waals surface area contributed by atoms with E-state index in [-0.39, 0.29) is 39.8 Å². The van der Waals surface area contributed by atoms with E-state index in [2.05, 4.69) is 44.4 Å². The average Bonchev–Trinajstić information content (AvgIpc) is 3.08. The number of rotatable bonds is 22. The van der Waals surface area contributed by atoms with Gasteiger partial charge in [-0.25, -0.2) is 30.2 Å². The summed E-state index contributed by atoms with van der Waals surface area (Å²) in [5.74, 6) is -3.66. The summed E-state index contributed by atoms with van der Waals surface area (Å²) in [5.41, 5.74) is -1.18. The Morgan fingerprint density at radius 2 is 1.14 bits per heavy atom. The van der Waals surface area contributed by atoms with Gasteiger partial charge in [0.05, 0.1) is 58.1 Å². The molecule has 0 aliphatic heterocycles. The zero-order valence-corrected chi connectivity index (χ0v) is 34.7. The fourth-order valence-electron chi connectivity index (χ4n) is 4.35. The number of benzene rings is 2. The van der Waals surface area contributed by atoms with E-state index in [0.717, 1.165) is 24.3 Å². The zero-order valence-electron chi connectivity index (χ0n) is 29.8. The number of hydrogen-bond donors (Lipinski definition) is 6. The Morgan fingerprint density at radius 1 is 0.644 bits per heavy atom. The Kier molecular flexibility index (Phi) is 16.2. The van der Waals surface area contributed by atoms with Crippen LogP contribution in [0.1, 0.15) is 11.1 Å². The van der Waals surface area contributed by atoms with Crippen molar-refractivity contribution in [2.45, 2.75) is 16.7 Å². The maximum Gasteiger partial charge on any atom is 0.397 e. The van der Waals surface area contributed by atoms with Gasteiger partial charge in [-0.2, -0.15) is 49.2 Å². The molecule has 0 saturated carbocycles. The summed E-state index contributed by atoms with van der Waals surface area (Å²) >= 11 is 0. The van der Waals surface area contributed by atoms with Crippen molar-refractivity contribution in [1.82, 2.24) is 4.98 Å². The molecule has 32 heteroatoms. The number of sulfone groups is 2. The Labute approximate surface area is 337 Å². The molecule has 1 heterocycles. The second-order valence-corrected chi connectivity index (χ2v) is 21.0. The van der Waals surface area contributed by atoms with Crippen LogP contribution in [0.15, 0.2) is 72.7 Å². The smallest absolute Gasteiger partial charge is 0.368 e. The summed E-state index contributed by atoms with van der Waals surface area (Å²) in [6, 6.07) is 9.32. The van der Waals surface area contributed by atoms with Crippen LogP contribution < -0.4 is 10.6 Å². The molecule has 26 nitrogen and oxygen atoms in total. The molecule has 0 aliphatic carbocycles. The summed E-state index contributed by atoms with van der Waals surface area (Å²) < 4.78 is 184. The molecule has 3 rings (SSSR count). The van der Waals surface area contributed by atoms with Gasteiger partial charge in [0, 0.05) is 18.7 Å². The minimum atomic E-state index is -5.06. The van der Waals surface area contributed by atoms with Crippen LogP contribution in [-0.4, -0.2) is 123 Å². The molecule has 324 valence electrons. The van der Waals surface area contributed by atoms with E-state index in [1.807, 2.05) is 6.07 Å². The van der Waals surface area contributed by atoms with Crippen LogP contribution in [0.25, 0.3) is 0 Å². The van der Waals surface area contributed by atoms with Gasteiger partial charge in [-0.3, -0.25) is 18.2 Å². The Morgan fingerprint density at radius 3 is 1.61 bits per heavy atom. The molecule has 59 heavy (non-hydrogen) atoms. The highest BCUT2D eigenvalue weighted by Gasteiger charge is 2.22. The molecule has 1 aromatic heterocycles. The van der Waals surface area contributed by atoms with Crippen molar-refractivity contribution in [2.75, 3.05) is 59.9 Å². The van der Waals surface area contributed by atoms with Gasteiger partial charge in [0.2, 0.25) is 0 Å². The number of nitrogens with zero attached hydrogens (tertiary/aromatic N) is 6. The number of aromatic nitrogens is 1. The Hall–Kier alpha value is -4.66. The lowest BCUT2D eigenvalue weighted by Gasteiger charge is -2.16. The maximum atomic E-state index is 12.5. The van der Waals surface area contributed by atoms with Crippen LogP contribution in [0.2, 0.25) is 0 Å². The summed E-state index contributed by atoms with van der Waals surface area (Å²) in [4.78, 5) is 2.92. The van der Waals surface area contributed by atoms with Crippen LogP contribution >= 0.6 is 0 Å². The molecule has 0 saturated heterocycles. The monoisotopic (exact) mass is 948 g/mol. The average molecular weight is 949 g/mol. The van der Waals surface area contributed by atoms with Crippen molar-refractivity contribution in [3.05, 3.63) is 53.6 Å². The largest absolute Gasteiger partial charge is 0.397 e. The lowest BCUT2D eigenvalue weighted by atomic mass is 10.1. The van der Waals surface area contributed by atoms with Crippen molar-refractivity contribution < 1.29 is 77.1 Å². The first-order valence-electron chi connectivity index (χ1n) is 15.7. The second kappa shape index (κ2) is 19.6. The Balaban J connectivity index is 2.00. The van der Waals surface area contributed by atoms with Crippen LogP contribution in [0.3, 0.4) is 0 Å². The van der Waals surface area contributed by atoms with E-state index < -0.39 is 126 Å². The van der Waals surface area contributed by atoms with Crippen LogP contribution in [-0.2, 0) is 69.1 Å². The van der Waals surface area contributed by atoms with E-state index in [4.69, 9.17) is 13.7 Å². The highest BCUT2D eigenvalue weighted by atomic mass is 32.3. The van der Waals surface area contributed by atoms with E-state index in [1.165, 1.54) is 25.1 Å². The number of nitriles is 1. The molecule has 0 bridgehead atoms. The molecule has 0 radical (unpaired) electrons. The minimum absolute atomic E-state index is 0.0380. The van der Waals surface area contributed by atoms with Gasteiger partial charge in [-0.05, 0) is 49.4 Å². The molecule has 0 spiro atoms. The zero-order chi connectivity index (χ0) is 44.5. The van der Waals surface area contributed by atoms with Gasteiger partial charge < -0.3 is 10.6 Å². The summed E-state index contributed by atoms with van der Waals surface area (Å²) in [7, 11) is -27.5. The topological polar surface area (TPSA) is 414 Å². The summed E-state index contributed by atoms with van der Waals surface area (Å²) in [5, 5.41) is 30.8. The SMILES string of the molecule is Cc1c(C#N)c(NCCS(=O)(=O)CCOS(=O)(=O)O)nc(NCCS(=O)(=O)CCOS(=O)(=O)O)c1N=Nc1ccc(N=Nc2ccc(S(=O)(=O)O)cc2)cc1S(=O)(=O)O. The number of nitrogens with one attached hydrogen (secondary N) is 2. The van der Waals surface area contributed by atoms with E-state index in [0.29, 0.717) is 0 Å². The molecule has 0 amide bonds. The predicted octanol–water partition coefficient (Wildman–Crippen LogP) is 1.88. The molecule has 0 fully saturated rings.